The second-order valence-corrected chi connectivity index (χ2v) is 4.74. The molecule has 1 N–H and O–H groups in total. The summed E-state index contributed by atoms with van der Waals surface area (Å²) < 4.78 is 31.5. The number of hydrogen-bond acceptors (Lipinski definition) is 4. The first-order chi connectivity index (χ1) is 12.0. The van der Waals surface area contributed by atoms with E-state index in [1.54, 1.807) is 25.2 Å². The van der Waals surface area contributed by atoms with Gasteiger partial charge in [0.2, 0.25) is 0 Å². The van der Waals surface area contributed by atoms with E-state index in [-0.39, 0.29) is 23.7 Å². The predicted octanol–water partition coefficient (Wildman–Crippen LogP) is 4.87. The van der Waals surface area contributed by atoms with E-state index >= 15 is 0 Å². The van der Waals surface area contributed by atoms with Crippen molar-refractivity contribution in [3.63, 3.8) is 0 Å². The van der Waals surface area contributed by atoms with Gasteiger partial charge in [-0.25, -0.2) is 8.78 Å². The summed E-state index contributed by atoms with van der Waals surface area (Å²) in [4.78, 5) is 14.4. The van der Waals surface area contributed by atoms with Gasteiger partial charge in [-0.1, -0.05) is 37.2 Å². The lowest BCUT2D eigenvalue weighted by Crippen LogP contribution is -1.89. The summed E-state index contributed by atoms with van der Waals surface area (Å²) in [6.07, 6.45) is 5.50. The van der Waals surface area contributed by atoms with Crippen LogP contribution in [0, 0.1) is 11.6 Å². The molecule has 0 unspecified atom stereocenters. The molecule has 0 spiro atoms. The fourth-order valence-electron chi connectivity index (χ4n) is 1.77. The number of carbonyl (C=O) groups is 1. The Balaban J connectivity index is 0.00000151. The summed E-state index contributed by atoms with van der Waals surface area (Å²) in [6, 6.07) is 3.09. The minimum atomic E-state index is -0.897. The van der Waals surface area contributed by atoms with Gasteiger partial charge in [0.25, 0.3) is 5.89 Å². The Bertz CT molecular complexity index is 767. The SMILES string of the molecule is C/C(=C\C/C=C\CC(=O)O)c1noc(-c2ccc(F)cc2F)n1.CC. The Morgan fingerprint density at radius 1 is 1.28 bits per heavy atom. The second kappa shape index (κ2) is 10.1. The number of aliphatic carboxylic acids is 1. The van der Waals surface area contributed by atoms with Gasteiger partial charge >= 0.3 is 5.97 Å². The van der Waals surface area contributed by atoms with E-state index < -0.39 is 17.6 Å². The molecule has 0 saturated heterocycles. The standard InChI is InChI=1S/C16H14F2N2O3.C2H6/c1-10(5-3-2-4-6-14(21)22)15-19-16(23-20-15)12-8-7-11(17)9-13(12)18;1-2/h2,4-5,7-9H,3,6H2,1H3,(H,21,22);1-2H3/b4-2-,10-5+;. The summed E-state index contributed by atoms with van der Waals surface area (Å²) in [5.74, 6) is -2.11. The zero-order valence-corrected chi connectivity index (χ0v) is 14.3. The largest absolute Gasteiger partial charge is 0.481 e. The van der Waals surface area contributed by atoms with Gasteiger partial charge in [-0.2, -0.15) is 4.98 Å². The summed E-state index contributed by atoms with van der Waals surface area (Å²) >= 11 is 0. The van der Waals surface area contributed by atoms with E-state index in [1.165, 1.54) is 6.07 Å². The van der Waals surface area contributed by atoms with Gasteiger partial charge in [0.15, 0.2) is 5.82 Å². The van der Waals surface area contributed by atoms with E-state index in [4.69, 9.17) is 9.63 Å². The molecule has 0 radical (unpaired) electrons. The summed E-state index contributed by atoms with van der Waals surface area (Å²) in [5.41, 5.74) is 0.724. The molecule has 0 aliphatic heterocycles. The van der Waals surface area contributed by atoms with Crippen LogP contribution in [-0.4, -0.2) is 21.2 Å². The highest BCUT2D eigenvalue weighted by Gasteiger charge is 2.14. The molecule has 7 heteroatoms. The van der Waals surface area contributed by atoms with Crippen LogP contribution in [0.4, 0.5) is 8.78 Å². The van der Waals surface area contributed by atoms with Crippen molar-refractivity contribution in [3.05, 3.63) is 53.9 Å². The number of carboxylic acid groups (broad SMARTS) is 1. The number of halogens is 2. The maximum atomic E-state index is 13.7. The lowest BCUT2D eigenvalue weighted by atomic mass is 10.2. The molecule has 1 heterocycles. The second-order valence-electron chi connectivity index (χ2n) is 4.74. The average Bonchev–Trinajstić information content (AvgIpc) is 3.05. The molecule has 25 heavy (non-hydrogen) atoms. The molecular weight excluding hydrogens is 330 g/mol. The Labute approximate surface area is 144 Å². The molecule has 1 aromatic carbocycles. The van der Waals surface area contributed by atoms with E-state index in [0.717, 1.165) is 12.1 Å². The third kappa shape index (κ3) is 6.29. The van der Waals surface area contributed by atoms with E-state index in [2.05, 4.69) is 10.1 Å². The molecule has 1 aromatic heterocycles. The highest BCUT2D eigenvalue weighted by molar-refractivity contribution is 5.68. The minimum Gasteiger partial charge on any atom is -0.481 e. The van der Waals surface area contributed by atoms with Crippen LogP contribution in [0.25, 0.3) is 17.0 Å². The third-order valence-corrected chi connectivity index (χ3v) is 2.96. The molecule has 0 atom stereocenters. The van der Waals surface area contributed by atoms with Crippen molar-refractivity contribution < 1.29 is 23.2 Å². The van der Waals surface area contributed by atoms with Crippen LogP contribution >= 0.6 is 0 Å². The molecule has 0 aliphatic carbocycles. The van der Waals surface area contributed by atoms with Gasteiger partial charge in [-0.3, -0.25) is 4.79 Å². The number of benzene rings is 1. The van der Waals surface area contributed by atoms with Crippen LogP contribution in [0.2, 0.25) is 0 Å². The predicted molar refractivity (Wildman–Crippen MR) is 90.7 cm³/mol. The van der Waals surface area contributed by atoms with Gasteiger partial charge in [0, 0.05) is 6.07 Å². The van der Waals surface area contributed by atoms with Crippen molar-refractivity contribution in [1.82, 2.24) is 10.1 Å². The smallest absolute Gasteiger partial charge is 0.307 e. The number of rotatable bonds is 6. The number of hydrogen-bond donors (Lipinski definition) is 1. The number of nitrogens with zero attached hydrogens (tertiary/aromatic N) is 2. The van der Waals surface area contributed by atoms with Crippen molar-refractivity contribution in [1.29, 1.82) is 0 Å². The third-order valence-electron chi connectivity index (χ3n) is 2.96. The molecule has 0 aliphatic rings. The monoisotopic (exact) mass is 350 g/mol. The molecule has 0 saturated carbocycles. The van der Waals surface area contributed by atoms with Crippen LogP contribution in [0.15, 0.2) is 41.0 Å². The maximum absolute atomic E-state index is 13.7. The summed E-state index contributed by atoms with van der Waals surface area (Å²) in [5, 5.41) is 12.2. The fourth-order valence-corrected chi connectivity index (χ4v) is 1.77. The van der Waals surface area contributed by atoms with Gasteiger partial charge in [0.05, 0.1) is 12.0 Å². The first-order valence-corrected chi connectivity index (χ1v) is 7.80. The Morgan fingerprint density at radius 3 is 2.64 bits per heavy atom. The highest BCUT2D eigenvalue weighted by Crippen LogP contribution is 2.23. The maximum Gasteiger partial charge on any atom is 0.307 e. The summed E-state index contributed by atoms with van der Waals surface area (Å²) in [7, 11) is 0. The van der Waals surface area contributed by atoms with Crippen LogP contribution in [-0.2, 0) is 4.79 Å². The van der Waals surface area contributed by atoms with E-state index in [1.807, 2.05) is 13.8 Å². The van der Waals surface area contributed by atoms with Crippen molar-refractivity contribution in [3.8, 4) is 11.5 Å². The van der Waals surface area contributed by atoms with Gasteiger partial charge < -0.3 is 9.63 Å². The molecule has 2 rings (SSSR count). The Morgan fingerprint density at radius 2 is 2.00 bits per heavy atom. The van der Waals surface area contributed by atoms with Gasteiger partial charge in [0.1, 0.15) is 11.6 Å². The lowest BCUT2D eigenvalue weighted by Gasteiger charge is -1.96. The molecule has 0 bridgehead atoms. The van der Waals surface area contributed by atoms with Crippen LogP contribution in [0.5, 0.6) is 0 Å². The molecule has 2 aromatic rings. The molecule has 0 amide bonds. The molecule has 134 valence electrons. The normalized spacial score (nSPS) is 11.3. The fraction of sp³-hybridized carbons (Fsp3) is 0.278. The van der Waals surface area contributed by atoms with Crippen molar-refractivity contribution in [2.45, 2.75) is 33.6 Å². The average molecular weight is 350 g/mol. The molecule has 5 nitrogen and oxygen atoms in total. The van der Waals surface area contributed by atoms with E-state index in [9.17, 15) is 13.6 Å². The van der Waals surface area contributed by atoms with Gasteiger partial charge in [-0.05, 0) is 31.1 Å². The topological polar surface area (TPSA) is 76.2 Å². The van der Waals surface area contributed by atoms with Crippen LogP contribution < -0.4 is 0 Å². The Kier molecular flexibility index (Phi) is 8.18. The zero-order valence-electron chi connectivity index (χ0n) is 14.3. The minimum absolute atomic E-state index is 0.0271. The van der Waals surface area contributed by atoms with Crippen LogP contribution in [0.3, 0.4) is 0 Å². The zero-order chi connectivity index (χ0) is 18.8. The molecule has 0 fully saturated rings. The van der Waals surface area contributed by atoms with Crippen molar-refractivity contribution in [2.24, 2.45) is 0 Å². The number of aromatic nitrogens is 2. The number of carboxylic acids is 1. The quantitative estimate of drug-likeness (QED) is 0.753. The number of allylic oxidation sites excluding steroid dienone is 3. The first kappa shape index (κ1) is 20.2. The molecular formula is C18H20F2N2O3. The Hall–Kier alpha value is -2.83. The van der Waals surface area contributed by atoms with Gasteiger partial charge in [-0.15, -0.1) is 0 Å². The lowest BCUT2D eigenvalue weighted by molar-refractivity contribution is -0.136. The van der Waals surface area contributed by atoms with Crippen molar-refractivity contribution in [2.75, 3.05) is 0 Å². The highest BCUT2D eigenvalue weighted by atomic mass is 19.1. The first-order valence-electron chi connectivity index (χ1n) is 7.80. The van der Waals surface area contributed by atoms with Crippen LogP contribution in [0.1, 0.15) is 39.4 Å². The van der Waals surface area contributed by atoms with E-state index in [0.29, 0.717) is 12.0 Å². The summed E-state index contributed by atoms with van der Waals surface area (Å²) in [6.45, 7) is 5.75. The van der Waals surface area contributed by atoms with Crippen molar-refractivity contribution >= 4 is 11.5 Å².